The van der Waals surface area contributed by atoms with E-state index in [0.29, 0.717) is 38.7 Å². The highest BCUT2D eigenvalue weighted by atomic mass is 35.5. The molecule has 3 aromatic rings. The second-order valence-electron chi connectivity index (χ2n) is 7.90. The molecule has 34 heavy (non-hydrogen) atoms. The molecule has 0 spiro atoms. The number of oxime groups is 1. The summed E-state index contributed by atoms with van der Waals surface area (Å²) >= 11 is 13.2. The quantitative estimate of drug-likeness (QED) is 0.464. The zero-order valence-electron chi connectivity index (χ0n) is 18.9. The number of amides is 2. The molecule has 8 nitrogen and oxygen atoms in total. The van der Waals surface area contributed by atoms with Crippen molar-refractivity contribution in [2.24, 2.45) is 5.16 Å². The van der Waals surface area contributed by atoms with Crippen molar-refractivity contribution >= 4 is 52.1 Å². The van der Waals surface area contributed by atoms with Crippen LogP contribution in [0.5, 0.6) is 5.75 Å². The average molecular weight is 498 g/mol. The summed E-state index contributed by atoms with van der Waals surface area (Å²) in [6.45, 7) is 5.70. The highest BCUT2D eigenvalue weighted by Crippen LogP contribution is 2.44. The van der Waals surface area contributed by atoms with Crippen molar-refractivity contribution in [2.45, 2.75) is 20.8 Å². The number of hydrazine groups is 2. The second kappa shape index (κ2) is 8.39. The lowest BCUT2D eigenvalue weighted by Gasteiger charge is -2.25. The average Bonchev–Trinajstić information content (AvgIpc) is 3.40. The maximum atomic E-state index is 13.4. The van der Waals surface area contributed by atoms with E-state index in [4.69, 9.17) is 32.9 Å². The lowest BCUT2D eigenvalue weighted by atomic mass is 9.98. The molecule has 0 aliphatic carbocycles. The number of para-hydroxylation sites is 2. The number of fused-ring (bicyclic) bond motifs is 3. The largest absolute Gasteiger partial charge is 0.497 e. The van der Waals surface area contributed by atoms with Crippen LogP contribution < -0.4 is 20.1 Å². The Balaban J connectivity index is 1.55. The minimum Gasteiger partial charge on any atom is -0.497 e. The number of carbonyl (C=O) groups is 1. The van der Waals surface area contributed by atoms with Crippen LogP contribution in [0.15, 0.2) is 53.7 Å². The first-order valence-corrected chi connectivity index (χ1v) is 11.2. The van der Waals surface area contributed by atoms with Gasteiger partial charge in [-0.15, -0.1) is 0 Å². The van der Waals surface area contributed by atoms with Crippen LogP contribution in [0, 0.1) is 20.8 Å². The molecule has 5 rings (SSSR count). The highest BCUT2D eigenvalue weighted by molar-refractivity contribution is 6.38. The number of methoxy groups -OCH3 is 1. The highest BCUT2D eigenvalue weighted by Gasteiger charge is 2.47. The summed E-state index contributed by atoms with van der Waals surface area (Å²) in [5, 5.41) is 12.7. The molecule has 174 valence electrons. The molecule has 2 amide bonds. The molecule has 0 atom stereocenters. The third-order valence-corrected chi connectivity index (χ3v) is 7.02. The first-order chi connectivity index (χ1) is 16.3. The molecule has 2 aliphatic rings. The smallest absolute Gasteiger partial charge is 0.345 e. The summed E-state index contributed by atoms with van der Waals surface area (Å²) in [4.78, 5) is 19.0. The topological polar surface area (TPSA) is 69.6 Å². The van der Waals surface area contributed by atoms with Gasteiger partial charge >= 0.3 is 6.03 Å². The van der Waals surface area contributed by atoms with Crippen molar-refractivity contribution in [2.75, 3.05) is 22.4 Å². The van der Waals surface area contributed by atoms with Crippen LogP contribution in [-0.2, 0) is 4.94 Å². The Bertz CT molecular complexity index is 1330. The summed E-state index contributed by atoms with van der Waals surface area (Å²) in [6.07, 6.45) is 0. The van der Waals surface area contributed by atoms with Crippen molar-refractivity contribution in [1.82, 2.24) is 5.28 Å². The van der Waals surface area contributed by atoms with Crippen LogP contribution >= 0.6 is 23.2 Å². The van der Waals surface area contributed by atoms with E-state index in [1.54, 1.807) is 36.4 Å². The van der Waals surface area contributed by atoms with E-state index in [0.717, 1.165) is 22.3 Å². The normalized spacial score (nSPS) is 14.5. The molecule has 0 aromatic heterocycles. The number of hydrogen-bond acceptors (Lipinski definition) is 6. The third kappa shape index (κ3) is 3.34. The minimum absolute atomic E-state index is 0.437. The third-order valence-electron chi connectivity index (χ3n) is 5.89. The number of nitrogens with one attached hydrogen (secondary N) is 1. The molecule has 3 aromatic carbocycles. The van der Waals surface area contributed by atoms with E-state index < -0.39 is 6.03 Å². The molecule has 0 radical (unpaired) electrons. The van der Waals surface area contributed by atoms with Crippen LogP contribution in [0.2, 0.25) is 10.0 Å². The van der Waals surface area contributed by atoms with Crippen LogP contribution in [0.3, 0.4) is 0 Å². The Morgan fingerprint density at radius 2 is 1.65 bits per heavy atom. The van der Waals surface area contributed by atoms with E-state index in [1.807, 2.05) is 45.0 Å². The SMILES string of the molecule is COc1cccc(NC(=O)N2c3ccccc3N3C(c4c(C)c(Cl)c(C)c(Cl)c4C)=NON23)c1. The van der Waals surface area contributed by atoms with Crippen molar-refractivity contribution < 1.29 is 14.5 Å². The van der Waals surface area contributed by atoms with Gasteiger partial charge in [-0.05, 0) is 66.9 Å². The molecular weight excluding hydrogens is 477 g/mol. The number of amidine groups is 1. The van der Waals surface area contributed by atoms with Gasteiger partial charge in [0.2, 0.25) is 5.84 Å². The molecule has 0 fully saturated rings. The molecule has 0 saturated heterocycles. The van der Waals surface area contributed by atoms with E-state index in [2.05, 4.69) is 10.5 Å². The standard InChI is InChI=1S/C24H21Cl2N5O3/c1-13-20(14(2)22(26)15(3)21(13)25)23-28-34-31-29(23)18-10-5-6-11-19(18)30(31)24(32)27-16-8-7-9-17(12-16)33-4/h5-12H,1-4H3,(H,27,32). The van der Waals surface area contributed by atoms with Gasteiger partial charge in [0.05, 0.1) is 23.8 Å². The number of benzene rings is 3. The molecule has 2 heterocycles. The Kier molecular flexibility index (Phi) is 5.51. The number of hydrogen-bond donors (Lipinski definition) is 1. The predicted octanol–water partition coefficient (Wildman–Crippen LogP) is 6.22. The van der Waals surface area contributed by atoms with E-state index >= 15 is 0 Å². The molecule has 0 bridgehead atoms. The van der Waals surface area contributed by atoms with Crippen LogP contribution in [0.4, 0.5) is 21.9 Å². The van der Waals surface area contributed by atoms with Gasteiger partial charge in [-0.3, -0.25) is 4.94 Å². The zero-order valence-corrected chi connectivity index (χ0v) is 20.4. The molecule has 10 heteroatoms. The first-order valence-electron chi connectivity index (χ1n) is 10.5. The van der Waals surface area contributed by atoms with Gasteiger partial charge in [0.25, 0.3) is 0 Å². The fourth-order valence-electron chi connectivity index (χ4n) is 4.19. The van der Waals surface area contributed by atoms with Crippen molar-refractivity contribution in [3.05, 3.63) is 80.8 Å². The Labute approximate surface area is 206 Å². The maximum Gasteiger partial charge on any atom is 0.345 e. The van der Waals surface area contributed by atoms with Gasteiger partial charge in [0, 0.05) is 27.4 Å². The molecule has 2 aliphatic heterocycles. The number of rotatable bonds is 3. The molecular formula is C24H21Cl2N5O3. The number of urea groups is 1. The number of ether oxygens (including phenoxy) is 1. The van der Waals surface area contributed by atoms with Crippen LogP contribution in [0.25, 0.3) is 0 Å². The second-order valence-corrected chi connectivity index (χ2v) is 8.66. The minimum atomic E-state index is -0.437. The van der Waals surface area contributed by atoms with Gasteiger partial charge in [-0.25, -0.2) is 4.79 Å². The summed E-state index contributed by atoms with van der Waals surface area (Å²) in [5.74, 6) is 1.10. The lowest BCUT2D eigenvalue weighted by molar-refractivity contribution is -0.133. The molecule has 0 saturated carbocycles. The molecule has 1 N–H and O–H groups in total. The first kappa shape index (κ1) is 22.3. The van der Waals surface area contributed by atoms with Crippen molar-refractivity contribution in [3.63, 3.8) is 0 Å². The van der Waals surface area contributed by atoms with Gasteiger partial charge in [-0.2, -0.15) is 10.0 Å². The Morgan fingerprint density at radius 3 is 2.32 bits per heavy atom. The Hall–Kier alpha value is -3.46. The van der Waals surface area contributed by atoms with Crippen molar-refractivity contribution in [3.8, 4) is 5.75 Å². The van der Waals surface area contributed by atoms with Gasteiger partial charge in [-0.1, -0.05) is 41.4 Å². The molecule has 0 unspecified atom stereocenters. The predicted molar refractivity (Wildman–Crippen MR) is 134 cm³/mol. The number of halogens is 2. The number of anilines is 3. The van der Waals surface area contributed by atoms with Gasteiger partial charge < -0.3 is 10.1 Å². The van der Waals surface area contributed by atoms with Gasteiger partial charge in [0.1, 0.15) is 5.75 Å². The van der Waals surface area contributed by atoms with E-state index in [-0.39, 0.29) is 0 Å². The zero-order chi connectivity index (χ0) is 24.1. The van der Waals surface area contributed by atoms with Gasteiger partial charge in [0.15, 0.2) is 0 Å². The van der Waals surface area contributed by atoms with E-state index in [1.165, 1.54) is 10.3 Å². The summed E-state index contributed by atoms with van der Waals surface area (Å²) in [7, 11) is 1.57. The fourth-order valence-corrected chi connectivity index (χ4v) is 4.62. The fraction of sp³-hybridized carbons (Fsp3) is 0.167. The summed E-state index contributed by atoms with van der Waals surface area (Å²) in [5.41, 5.74) is 5.10. The van der Waals surface area contributed by atoms with E-state index in [9.17, 15) is 4.79 Å². The van der Waals surface area contributed by atoms with Crippen LogP contribution in [0.1, 0.15) is 22.3 Å². The number of carbonyl (C=O) groups excluding carboxylic acids is 1. The van der Waals surface area contributed by atoms with Crippen molar-refractivity contribution in [1.29, 1.82) is 0 Å². The van der Waals surface area contributed by atoms with Crippen LogP contribution in [-0.4, -0.2) is 24.3 Å². The summed E-state index contributed by atoms with van der Waals surface area (Å²) < 4.78 is 5.25. The number of nitrogens with zero attached hydrogens (tertiary/aromatic N) is 4. The lowest BCUT2D eigenvalue weighted by Crippen LogP contribution is -2.50. The monoisotopic (exact) mass is 497 g/mol. The maximum absolute atomic E-state index is 13.4. The summed E-state index contributed by atoms with van der Waals surface area (Å²) in [6, 6.07) is 14.1. The Morgan fingerprint density at radius 1 is 0.971 bits per heavy atom.